The maximum absolute atomic E-state index is 6.19. The molecule has 1 aliphatic rings. The maximum Gasteiger partial charge on any atom is 0.224 e. The zero-order chi connectivity index (χ0) is 19.4. The lowest BCUT2D eigenvalue weighted by Gasteiger charge is -2.29. The molecule has 0 amide bonds. The summed E-state index contributed by atoms with van der Waals surface area (Å²) in [6.45, 7) is 4.86. The van der Waals surface area contributed by atoms with Crippen molar-refractivity contribution >= 4 is 11.8 Å². The van der Waals surface area contributed by atoms with Crippen LogP contribution in [0.4, 0.5) is 11.8 Å². The Morgan fingerprint density at radius 2 is 1.96 bits per heavy atom. The number of piperidine rings is 1. The van der Waals surface area contributed by atoms with Gasteiger partial charge >= 0.3 is 0 Å². The normalized spacial score (nSPS) is 15.6. The van der Waals surface area contributed by atoms with Crippen LogP contribution in [-0.4, -0.2) is 55.8 Å². The number of aromatic nitrogens is 2. The number of methoxy groups -OCH3 is 1. The third-order valence-corrected chi connectivity index (χ3v) is 5.11. The number of nitrogens with one attached hydrogen (secondary N) is 1. The molecule has 0 bridgehead atoms. The zero-order valence-corrected chi connectivity index (χ0v) is 16.6. The first-order chi connectivity index (χ1) is 13.0. The van der Waals surface area contributed by atoms with Gasteiger partial charge < -0.3 is 25.4 Å². The summed E-state index contributed by atoms with van der Waals surface area (Å²) < 4.78 is 11.6. The van der Waals surface area contributed by atoms with Gasteiger partial charge in [-0.2, -0.15) is 4.98 Å². The van der Waals surface area contributed by atoms with Crippen LogP contribution in [0.25, 0.3) is 11.1 Å². The van der Waals surface area contributed by atoms with Crippen molar-refractivity contribution in [1.29, 1.82) is 0 Å². The number of likely N-dealkylation sites (tertiary alicyclic amines) is 1. The Hall–Kier alpha value is -2.54. The number of ether oxygens (including phenoxy) is 2. The average Bonchev–Trinajstić information content (AvgIpc) is 2.67. The van der Waals surface area contributed by atoms with Crippen molar-refractivity contribution in [3.63, 3.8) is 0 Å². The van der Waals surface area contributed by atoms with Gasteiger partial charge in [-0.1, -0.05) is 6.07 Å². The number of benzene rings is 1. The second kappa shape index (κ2) is 8.43. The van der Waals surface area contributed by atoms with E-state index in [1.165, 1.54) is 0 Å². The van der Waals surface area contributed by atoms with Gasteiger partial charge in [0.15, 0.2) is 11.5 Å². The van der Waals surface area contributed by atoms with Gasteiger partial charge in [0.05, 0.1) is 19.4 Å². The molecular weight excluding hydrogens is 342 g/mol. The van der Waals surface area contributed by atoms with E-state index in [0.29, 0.717) is 24.3 Å². The summed E-state index contributed by atoms with van der Waals surface area (Å²) >= 11 is 0. The Morgan fingerprint density at radius 1 is 1.22 bits per heavy atom. The maximum atomic E-state index is 6.19. The SMILES string of the molecule is CNc1nc(C)c(-c2ccc(OC)c(OCC3CCN(C)CC3)c2)c(N)n1. The summed E-state index contributed by atoms with van der Waals surface area (Å²) in [5.41, 5.74) is 8.75. The number of anilines is 2. The molecule has 27 heavy (non-hydrogen) atoms. The van der Waals surface area contributed by atoms with Crippen molar-refractivity contribution in [1.82, 2.24) is 14.9 Å². The van der Waals surface area contributed by atoms with Crippen LogP contribution in [0.5, 0.6) is 11.5 Å². The van der Waals surface area contributed by atoms with Gasteiger partial charge in [-0.15, -0.1) is 0 Å². The zero-order valence-electron chi connectivity index (χ0n) is 16.6. The lowest BCUT2D eigenvalue weighted by molar-refractivity contribution is 0.157. The van der Waals surface area contributed by atoms with Crippen LogP contribution in [0, 0.1) is 12.8 Å². The molecule has 0 atom stereocenters. The van der Waals surface area contributed by atoms with Crippen LogP contribution in [0.1, 0.15) is 18.5 Å². The average molecular weight is 371 g/mol. The molecule has 1 fully saturated rings. The van der Waals surface area contributed by atoms with Gasteiger partial charge in [-0.05, 0) is 63.5 Å². The molecule has 7 nitrogen and oxygen atoms in total. The first-order valence-corrected chi connectivity index (χ1v) is 9.33. The highest BCUT2D eigenvalue weighted by Gasteiger charge is 2.19. The lowest BCUT2D eigenvalue weighted by Crippen LogP contribution is -2.32. The van der Waals surface area contributed by atoms with Crippen LogP contribution in [0.15, 0.2) is 18.2 Å². The van der Waals surface area contributed by atoms with Gasteiger partial charge in [0.1, 0.15) is 5.82 Å². The van der Waals surface area contributed by atoms with Crippen molar-refractivity contribution in [2.24, 2.45) is 5.92 Å². The van der Waals surface area contributed by atoms with Crippen molar-refractivity contribution in [3.05, 3.63) is 23.9 Å². The summed E-state index contributed by atoms with van der Waals surface area (Å²) in [5.74, 6) is 2.97. The third kappa shape index (κ3) is 4.42. The fraction of sp³-hybridized carbons (Fsp3) is 0.500. The second-order valence-electron chi connectivity index (χ2n) is 7.07. The standard InChI is InChI=1S/C20H29N5O2/c1-13-18(19(21)24-20(22-2)23-13)15-5-6-16(26-4)17(11-15)27-12-14-7-9-25(3)10-8-14/h5-6,11,14H,7-10,12H2,1-4H3,(H3,21,22,23,24). The van der Waals surface area contributed by atoms with E-state index in [0.717, 1.165) is 54.3 Å². The van der Waals surface area contributed by atoms with E-state index < -0.39 is 0 Å². The first kappa shape index (κ1) is 19.2. The summed E-state index contributed by atoms with van der Waals surface area (Å²) in [7, 11) is 5.59. The number of nitrogens with zero attached hydrogens (tertiary/aromatic N) is 3. The number of aryl methyl sites for hydroxylation is 1. The second-order valence-corrected chi connectivity index (χ2v) is 7.07. The van der Waals surface area contributed by atoms with Gasteiger partial charge in [0.25, 0.3) is 0 Å². The van der Waals surface area contributed by atoms with Crippen molar-refractivity contribution in [2.45, 2.75) is 19.8 Å². The predicted molar refractivity (Wildman–Crippen MR) is 108 cm³/mol. The molecule has 1 aromatic heterocycles. The fourth-order valence-electron chi connectivity index (χ4n) is 3.45. The van der Waals surface area contributed by atoms with E-state index >= 15 is 0 Å². The number of hydrogen-bond donors (Lipinski definition) is 2. The largest absolute Gasteiger partial charge is 0.493 e. The quantitative estimate of drug-likeness (QED) is 0.807. The van der Waals surface area contributed by atoms with Gasteiger partial charge in [-0.25, -0.2) is 4.98 Å². The summed E-state index contributed by atoms with van der Waals surface area (Å²) in [6.07, 6.45) is 2.31. The van der Waals surface area contributed by atoms with Crippen LogP contribution in [0.3, 0.4) is 0 Å². The number of nitrogens with two attached hydrogens (primary N) is 1. The Labute approximate surface area is 160 Å². The first-order valence-electron chi connectivity index (χ1n) is 9.33. The van der Waals surface area contributed by atoms with E-state index in [-0.39, 0.29) is 0 Å². The molecule has 1 aromatic carbocycles. The van der Waals surface area contributed by atoms with Crippen LogP contribution >= 0.6 is 0 Å². The van der Waals surface area contributed by atoms with Crippen molar-refractivity contribution < 1.29 is 9.47 Å². The molecule has 1 aliphatic heterocycles. The Kier molecular flexibility index (Phi) is 6.01. The molecule has 0 unspecified atom stereocenters. The minimum absolute atomic E-state index is 0.443. The number of nitrogen functional groups attached to an aromatic ring is 1. The molecule has 3 N–H and O–H groups in total. The molecule has 0 aliphatic carbocycles. The molecule has 146 valence electrons. The number of rotatable bonds is 6. The Bertz CT molecular complexity index is 765. The van der Waals surface area contributed by atoms with E-state index in [9.17, 15) is 0 Å². The minimum atomic E-state index is 0.443. The number of hydrogen-bond acceptors (Lipinski definition) is 7. The highest BCUT2D eigenvalue weighted by molar-refractivity contribution is 5.78. The predicted octanol–water partition coefficient (Wildman–Crippen LogP) is 2.81. The lowest BCUT2D eigenvalue weighted by atomic mass is 9.98. The van der Waals surface area contributed by atoms with Crippen LogP contribution in [-0.2, 0) is 0 Å². The van der Waals surface area contributed by atoms with Crippen molar-refractivity contribution in [2.75, 3.05) is 52.0 Å². The highest BCUT2D eigenvalue weighted by atomic mass is 16.5. The van der Waals surface area contributed by atoms with E-state index in [1.807, 2.05) is 25.1 Å². The fourth-order valence-corrected chi connectivity index (χ4v) is 3.45. The molecule has 2 aromatic rings. The third-order valence-electron chi connectivity index (χ3n) is 5.11. The van der Waals surface area contributed by atoms with E-state index in [1.54, 1.807) is 14.2 Å². The summed E-state index contributed by atoms with van der Waals surface area (Å²) in [4.78, 5) is 11.1. The summed E-state index contributed by atoms with van der Waals surface area (Å²) in [5, 5.41) is 2.93. The van der Waals surface area contributed by atoms with E-state index in [2.05, 4.69) is 27.2 Å². The van der Waals surface area contributed by atoms with Gasteiger partial charge in [-0.3, -0.25) is 0 Å². The Morgan fingerprint density at radius 3 is 2.59 bits per heavy atom. The van der Waals surface area contributed by atoms with Crippen molar-refractivity contribution in [3.8, 4) is 22.6 Å². The van der Waals surface area contributed by atoms with E-state index in [4.69, 9.17) is 15.2 Å². The highest BCUT2D eigenvalue weighted by Crippen LogP contribution is 2.36. The topological polar surface area (TPSA) is 85.5 Å². The smallest absolute Gasteiger partial charge is 0.224 e. The van der Waals surface area contributed by atoms with Crippen LogP contribution in [0.2, 0.25) is 0 Å². The molecular formula is C20H29N5O2. The summed E-state index contributed by atoms with van der Waals surface area (Å²) in [6, 6.07) is 5.83. The Balaban J connectivity index is 1.83. The molecule has 2 heterocycles. The molecule has 3 rings (SSSR count). The molecule has 0 saturated carbocycles. The van der Waals surface area contributed by atoms with Gasteiger partial charge in [0.2, 0.25) is 5.95 Å². The minimum Gasteiger partial charge on any atom is -0.493 e. The molecule has 7 heteroatoms. The molecule has 0 radical (unpaired) electrons. The molecule has 0 spiro atoms. The molecule has 1 saturated heterocycles. The monoisotopic (exact) mass is 371 g/mol. The van der Waals surface area contributed by atoms with Crippen LogP contribution < -0.4 is 20.5 Å². The van der Waals surface area contributed by atoms with Gasteiger partial charge in [0, 0.05) is 12.6 Å².